The third-order valence-electron chi connectivity index (χ3n) is 4.41. The Morgan fingerprint density at radius 3 is 2.55 bits per heavy atom. The first-order valence-electron chi connectivity index (χ1n) is 8.04. The zero-order valence-electron chi connectivity index (χ0n) is 13.4. The number of aryl methyl sites for hydroxylation is 2. The highest BCUT2D eigenvalue weighted by molar-refractivity contribution is 5.31. The van der Waals surface area contributed by atoms with Crippen LogP contribution in [-0.4, -0.2) is 29.1 Å². The number of aromatic nitrogens is 2. The van der Waals surface area contributed by atoms with Gasteiger partial charge in [-0.25, -0.2) is 9.97 Å². The van der Waals surface area contributed by atoms with E-state index in [0.29, 0.717) is 6.04 Å². The average molecular weight is 296 g/mol. The lowest BCUT2D eigenvalue weighted by Crippen LogP contribution is -2.42. The van der Waals surface area contributed by atoms with Crippen molar-refractivity contribution < 1.29 is 0 Å². The van der Waals surface area contributed by atoms with Crippen LogP contribution >= 0.6 is 0 Å². The standard InChI is InChI=1S/C18H24N4/c1-14-4-5-16(15(2)12-14)13-21-17-6-10-22(11-7-17)18-19-8-3-9-20-18/h3-5,8-9,12,17,21H,6-7,10-11,13H2,1-2H3. The van der Waals surface area contributed by atoms with E-state index in [-0.39, 0.29) is 0 Å². The molecule has 116 valence electrons. The smallest absolute Gasteiger partial charge is 0.225 e. The van der Waals surface area contributed by atoms with Gasteiger partial charge in [-0.05, 0) is 43.9 Å². The normalized spacial score (nSPS) is 16.0. The van der Waals surface area contributed by atoms with Gasteiger partial charge in [0.15, 0.2) is 0 Å². The van der Waals surface area contributed by atoms with Crippen LogP contribution in [0.4, 0.5) is 5.95 Å². The van der Waals surface area contributed by atoms with Crippen LogP contribution in [0.15, 0.2) is 36.7 Å². The van der Waals surface area contributed by atoms with Crippen LogP contribution < -0.4 is 10.2 Å². The number of piperidine rings is 1. The molecule has 1 fully saturated rings. The molecule has 0 saturated carbocycles. The van der Waals surface area contributed by atoms with Crippen LogP contribution in [-0.2, 0) is 6.54 Å². The summed E-state index contributed by atoms with van der Waals surface area (Å²) in [6.07, 6.45) is 5.91. The number of rotatable bonds is 4. The molecule has 0 atom stereocenters. The van der Waals surface area contributed by atoms with Crippen molar-refractivity contribution in [3.63, 3.8) is 0 Å². The van der Waals surface area contributed by atoms with Crippen LogP contribution in [0.25, 0.3) is 0 Å². The highest BCUT2D eigenvalue weighted by atomic mass is 15.3. The first-order chi connectivity index (χ1) is 10.7. The fourth-order valence-corrected chi connectivity index (χ4v) is 3.04. The maximum absolute atomic E-state index is 4.34. The van der Waals surface area contributed by atoms with Crippen molar-refractivity contribution in [2.24, 2.45) is 0 Å². The van der Waals surface area contributed by atoms with Gasteiger partial charge in [0.2, 0.25) is 5.95 Å². The van der Waals surface area contributed by atoms with Crippen LogP contribution in [0.2, 0.25) is 0 Å². The summed E-state index contributed by atoms with van der Waals surface area (Å²) in [6, 6.07) is 9.14. The maximum Gasteiger partial charge on any atom is 0.225 e. The van der Waals surface area contributed by atoms with E-state index in [1.807, 2.05) is 18.5 Å². The van der Waals surface area contributed by atoms with Gasteiger partial charge in [0.25, 0.3) is 0 Å². The van der Waals surface area contributed by atoms with E-state index < -0.39 is 0 Å². The van der Waals surface area contributed by atoms with Gasteiger partial charge in [-0.2, -0.15) is 0 Å². The molecule has 22 heavy (non-hydrogen) atoms. The van der Waals surface area contributed by atoms with Crippen molar-refractivity contribution in [1.29, 1.82) is 0 Å². The first-order valence-corrected chi connectivity index (χ1v) is 8.04. The molecule has 4 heteroatoms. The number of hydrogen-bond acceptors (Lipinski definition) is 4. The monoisotopic (exact) mass is 296 g/mol. The van der Waals surface area contributed by atoms with Crippen molar-refractivity contribution in [2.75, 3.05) is 18.0 Å². The minimum atomic E-state index is 0.584. The predicted octanol–water partition coefficient (Wildman–Crippen LogP) is 2.85. The summed E-state index contributed by atoms with van der Waals surface area (Å²) in [5, 5.41) is 3.70. The molecule has 2 heterocycles. The van der Waals surface area contributed by atoms with Gasteiger partial charge >= 0.3 is 0 Å². The van der Waals surface area contributed by atoms with E-state index in [2.05, 4.69) is 52.2 Å². The van der Waals surface area contributed by atoms with Gasteiger partial charge < -0.3 is 10.2 Å². The largest absolute Gasteiger partial charge is 0.341 e. The molecule has 1 aromatic heterocycles. The van der Waals surface area contributed by atoms with E-state index in [1.54, 1.807) is 0 Å². The van der Waals surface area contributed by atoms with Gasteiger partial charge in [-0.1, -0.05) is 23.8 Å². The SMILES string of the molecule is Cc1ccc(CNC2CCN(c3ncccn3)CC2)c(C)c1. The van der Waals surface area contributed by atoms with E-state index in [0.717, 1.165) is 38.4 Å². The maximum atomic E-state index is 4.34. The van der Waals surface area contributed by atoms with Gasteiger partial charge in [0, 0.05) is 38.1 Å². The summed E-state index contributed by atoms with van der Waals surface area (Å²) >= 11 is 0. The average Bonchev–Trinajstić information content (AvgIpc) is 2.55. The van der Waals surface area contributed by atoms with Crippen LogP contribution in [0.3, 0.4) is 0 Å². The van der Waals surface area contributed by atoms with E-state index in [4.69, 9.17) is 0 Å². The Morgan fingerprint density at radius 1 is 1.14 bits per heavy atom. The second-order valence-electron chi connectivity index (χ2n) is 6.12. The molecule has 3 rings (SSSR count). The first kappa shape index (κ1) is 15.0. The Hall–Kier alpha value is -1.94. The third kappa shape index (κ3) is 3.63. The number of nitrogens with one attached hydrogen (secondary N) is 1. The van der Waals surface area contributed by atoms with Crippen molar-refractivity contribution >= 4 is 5.95 Å². The number of anilines is 1. The molecule has 1 aliphatic rings. The molecule has 0 bridgehead atoms. The molecule has 2 aromatic rings. The summed E-state index contributed by atoms with van der Waals surface area (Å²) in [5.74, 6) is 0.857. The Kier molecular flexibility index (Phi) is 4.68. The molecule has 1 saturated heterocycles. The fourth-order valence-electron chi connectivity index (χ4n) is 3.04. The molecule has 0 amide bonds. The highest BCUT2D eigenvalue weighted by Gasteiger charge is 2.20. The quantitative estimate of drug-likeness (QED) is 0.942. The number of hydrogen-bond donors (Lipinski definition) is 1. The Bertz CT molecular complexity index is 604. The van der Waals surface area contributed by atoms with Gasteiger partial charge in [0.1, 0.15) is 0 Å². The second-order valence-corrected chi connectivity index (χ2v) is 6.12. The number of nitrogens with zero attached hydrogens (tertiary/aromatic N) is 3. The molecule has 0 spiro atoms. The lowest BCUT2D eigenvalue weighted by Gasteiger charge is -2.32. The zero-order chi connectivity index (χ0) is 15.4. The third-order valence-corrected chi connectivity index (χ3v) is 4.41. The Morgan fingerprint density at radius 2 is 1.86 bits per heavy atom. The van der Waals surface area contributed by atoms with Crippen molar-refractivity contribution in [1.82, 2.24) is 15.3 Å². The molecule has 0 radical (unpaired) electrons. The molecule has 0 aliphatic carbocycles. The minimum absolute atomic E-state index is 0.584. The summed E-state index contributed by atoms with van der Waals surface area (Å²) in [5.41, 5.74) is 4.11. The summed E-state index contributed by atoms with van der Waals surface area (Å²) in [4.78, 5) is 10.9. The highest BCUT2D eigenvalue weighted by Crippen LogP contribution is 2.16. The fraction of sp³-hybridized carbons (Fsp3) is 0.444. The molecular formula is C18H24N4. The summed E-state index contributed by atoms with van der Waals surface area (Å²) in [7, 11) is 0. The van der Waals surface area contributed by atoms with E-state index >= 15 is 0 Å². The molecule has 1 aliphatic heterocycles. The Labute approximate surface area is 132 Å². The number of benzene rings is 1. The summed E-state index contributed by atoms with van der Waals surface area (Å²) < 4.78 is 0. The molecule has 1 N–H and O–H groups in total. The molecule has 4 nitrogen and oxygen atoms in total. The molecule has 0 unspecified atom stereocenters. The zero-order valence-corrected chi connectivity index (χ0v) is 13.4. The van der Waals surface area contributed by atoms with Crippen LogP contribution in [0, 0.1) is 13.8 Å². The van der Waals surface area contributed by atoms with Crippen molar-refractivity contribution in [3.05, 3.63) is 53.3 Å². The summed E-state index contributed by atoms with van der Waals surface area (Å²) in [6.45, 7) is 7.34. The van der Waals surface area contributed by atoms with Crippen LogP contribution in [0.5, 0.6) is 0 Å². The molecular weight excluding hydrogens is 272 g/mol. The van der Waals surface area contributed by atoms with E-state index in [1.165, 1.54) is 16.7 Å². The van der Waals surface area contributed by atoms with Gasteiger partial charge in [0.05, 0.1) is 0 Å². The predicted molar refractivity (Wildman–Crippen MR) is 90.0 cm³/mol. The second kappa shape index (κ2) is 6.88. The molecule has 1 aromatic carbocycles. The minimum Gasteiger partial charge on any atom is -0.341 e. The van der Waals surface area contributed by atoms with Gasteiger partial charge in [-0.3, -0.25) is 0 Å². The topological polar surface area (TPSA) is 41.0 Å². The van der Waals surface area contributed by atoms with E-state index in [9.17, 15) is 0 Å². The van der Waals surface area contributed by atoms with Crippen LogP contribution in [0.1, 0.15) is 29.5 Å². The lowest BCUT2D eigenvalue weighted by molar-refractivity contribution is 0.411. The Balaban J connectivity index is 1.50. The van der Waals surface area contributed by atoms with Gasteiger partial charge in [-0.15, -0.1) is 0 Å². The van der Waals surface area contributed by atoms with Crippen molar-refractivity contribution in [3.8, 4) is 0 Å². The lowest BCUT2D eigenvalue weighted by atomic mass is 10.0. The van der Waals surface area contributed by atoms with Crippen molar-refractivity contribution in [2.45, 2.75) is 39.3 Å².